The van der Waals surface area contributed by atoms with Crippen molar-refractivity contribution >= 4 is 17.7 Å². The van der Waals surface area contributed by atoms with Crippen molar-refractivity contribution in [2.24, 2.45) is 4.99 Å². The molecular weight excluding hydrogens is 270 g/mol. The highest BCUT2D eigenvalue weighted by molar-refractivity contribution is 6.32. The van der Waals surface area contributed by atoms with E-state index in [0.29, 0.717) is 27.8 Å². The lowest BCUT2D eigenvalue weighted by Crippen LogP contribution is -2.09. The standard InChI is InChI=1S/C13H14ClNO4/c1-17-9-6-8(14)11(18-2)10(12(9)19-3)13(4-5-13)15-7-16/h6H,4-5H2,1-3H3. The monoisotopic (exact) mass is 283 g/mol. The lowest BCUT2D eigenvalue weighted by molar-refractivity contribution is 0.339. The molecule has 0 spiro atoms. The molecule has 1 aliphatic rings. The number of hydrogen-bond acceptors (Lipinski definition) is 5. The number of methoxy groups -OCH3 is 3. The number of carbonyl (C=O) groups excluding carboxylic acids is 1. The molecule has 2 rings (SSSR count). The van der Waals surface area contributed by atoms with E-state index in [9.17, 15) is 4.79 Å². The van der Waals surface area contributed by atoms with E-state index in [1.54, 1.807) is 12.1 Å². The third-order valence-electron chi connectivity index (χ3n) is 3.23. The van der Waals surface area contributed by atoms with E-state index < -0.39 is 5.54 Å². The lowest BCUT2D eigenvalue weighted by Gasteiger charge is -2.20. The van der Waals surface area contributed by atoms with Crippen LogP contribution in [0.5, 0.6) is 17.2 Å². The average Bonchev–Trinajstić information content (AvgIpc) is 3.18. The largest absolute Gasteiger partial charge is 0.495 e. The molecule has 0 aromatic heterocycles. The zero-order chi connectivity index (χ0) is 14.0. The van der Waals surface area contributed by atoms with Crippen molar-refractivity contribution in [2.45, 2.75) is 18.4 Å². The van der Waals surface area contributed by atoms with E-state index in [2.05, 4.69) is 4.99 Å². The van der Waals surface area contributed by atoms with Crippen LogP contribution in [0.15, 0.2) is 11.1 Å². The van der Waals surface area contributed by atoms with Gasteiger partial charge in [-0.2, -0.15) is 4.99 Å². The van der Waals surface area contributed by atoms with Crippen molar-refractivity contribution in [1.29, 1.82) is 0 Å². The van der Waals surface area contributed by atoms with Gasteiger partial charge in [-0.3, -0.25) is 0 Å². The maximum atomic E-state index is 10.6. The number of halogens is 1. The molecule has 1 fully saturated rings. The summed E-state index contributed by atoms with van der Waals surface area (Å²) in [5.74, 6) is 1.42. The second kappa shape index (κ2) is 5.11. The molecular formula is C13H14ClNO4. The van der Waals surface area contributed by atoms with Crippen LogP contribution >= 0.6 is 11.6 Å². The molecule has 6 heteroatoms. The Morgan fingerprint density at radius 1 is 1.21 bits per heavy atom. The Balaban J connectivity index is 2.75. The molecule has 102 valence electrons. The highest BCUT2D eigenvalue weighted by Crippen LogP contribution is 2.59. The van der Waals surface area contributed by atoms with Crippen molar-refractivity contribution in [2.75, 3.05) is 21.3 Å². The third-order valence-corrected chi connectivity index (χ3v) is 3.51. The SMILES string of the molecule is COc1cc(Cl)c(OC)c(C2(N=C=O)CC2)c1OC. The molecule has 0 radical (unpaired) electrons. The Labute approximate surface area is 116 Å². The lowest BCUT2D eigenvalue weighted by atomic mass is 10.0. The molecule has 0 aliphatic heterocycles. The molecule has 19 heavy (non-hydrogen) atoms. The first-order chi connectivity index (χ1) is 9.13. The van der Waals surface area contributed by atoms with Gasteiger partial charge >= 0.3 is 0 Å². The van der Waals surface area contributed by atoms with E-state index >= 15 is 0 Å². The molecule has 0 N–H and O–H groups in total. The molecule has 1 aromatic rings. The van der Waals surface area contributed by atoms with Gasteiger partial charge < -0.3 is 14.2 Å². The Morgan fingerprint density at radius 2 is 1.84 bits per heavy atom. The van der Waals surface area contributed by atoms with Crippen molar-refractivity contribution in [1.82, 2.24) is 0 Å². The Kier molecular flexibility index (Phi) is 3.69. The van der Waals surface area contributed by atoms with Gasteiger partial charge in [0.25, 0.3) is 0 Å². The highest BCUT2D eigenvalue weighted by atomic mass is 35.5. The molecule has 0 amide bonds. The minimum Gasteiger partial charge on any atom is -0.495 e. The van der Waals surface area contributed by atoms with Gasteiger partial charge in [-0.25, -0.2) is 4.79 Å². The minimum absolute atomic E-state index is 0.391. The first-order valence-electron chi connectivity index (χ1n) is 5.71. The molecule has 0 unspecified atom stereocenters. The Bertz CT molecular complexity index is 548. The van der Waals surface area contributed by atoms with Crippen LogP contribution in [0.3, 0.4) is 0 Å². The summed E-state index contributed by atoms with van der Waals surface area (Å²) in [6.45, 7) is 0. The van der Waals surface area contributed by atoms with Crippen molar-refractivity contribution in [3.05, 3.63) is 16.7 Å². The molecule has 1 aromatic carbocycles. The molecule has 0 heterocycles. The predicted molar refractivity (Wildman–Crippen MR) is 70.1 cm³/mol. The first-order valence-corrected chi connectivity index (χ1v) is 6.09. The predicted octanol–water partition coefficient (Wildman–Crippen LogP) is 2.69. The van der Waals surface area contributed by atoms with E-state index in [1.165, 1.54) is 21.3 Å². The quantitative estimate of drug-likeness (QED) is 0.616. The first kappa shape index (κ1) is 13.7. The van der Waals surface area contributed by atoms with Crippen molar-refractivity contribution in [3.8, 4) is 17.2 Å². The number of nitrogens with zero attached hydrogens (tertiary/aromatic N) is 1. The van der Waals surface area contributed by atoms with E-state index in [4.69, 9.17) is 25.8 Å². The summed E-state index contributed by atoms with van der Waals surface area (Å²) >= 11 is 6.18. The maximum absolute atomic E-state index is 10.6. The minimum atomic E-state index is -0.656. The molecule has 1 aliphatic carbocycles. The summed E-state index contributed by atoms with van der Waals surface area (Å²) in [4.78, 5) is 14.5. The van der Waals surface area contributed by atoms with Gasteiger partial charge in [0.2, 0.25) is 6.08 Å². The van der Waals surface area contributed by atoms with Crippen LogP contribution in [-0.4, -0.2) is 27.4 Å². The second-order valence-corrected chi connectivity index (χ2v) is 4.64. The zero-order valence-electron chi connectivity index (χ0n) is 10.9. The van der Waals surface area contributed by atoms with Crippen LogP contribution in [0.2, 0.25) is 5.02 Å². The molecule has 0 bridgehead atoms. The van der Waals surface area contributed by atoms with Crippen LogP contribution in [0.4, 0.5) is 0 Å². The van der Waals surface area contributed by atoms with E-state index in [-0.39, 0.29) is 0 Å². The van der Waals surface area contributed by atoms with Gasteiger partial charge in [0.15, 0.2) is 11.5 Å². The molecule has 5 nitrogen and oxygen atoms in total. The van der Waals surface area contributed by atoms with Crippen LogP contribution < -0.4 is 14.2 Å². The normalized spacial score (nSPS) is 15.4. The van der Waals surface area contributed by atoms with Gasteiger partial charge in [-0.05, 0) is 12.8 Å². The van der Waals surface area contributed by atoms with Crippen LogP contribution in [0, 0.1) is 0 Å². The van der Waals surface area contributed by atoms with Gasteiger partial charge in [-0.15, -0.1) is 0 Å². The number of benzene rings is 1. The van der Waals surface area contributed by atoms with Gasteiger partial charge in [0.05, 0.1) is 31.9 Å². The number of hydrogen-bond donors (Lipinski definition) is 0. The molecule has 0 saturated heterocycles. The topological polar surface area (TPSA) is 57.1 Å². The van der Waals surface area contributed by atoms with E-state index in [1.807, 2.05) is 0 Å². The average molecular weight is 284 g/mol. The smallest absolute Gasteiger partial charge is 0.235 e. The van der Waals surface area contributed by atoms with Crippen molar-refractivity contribution in [3.63, 3.8) is 0 Å². The summed E-state index contributed by atoms with van der Waals surface area (Å²) in [5, 5.41) is 0.391. The fourth-order valence-electron chi connectivity index (χ4n) is 2.19. The number of rotatable bonds is 5. The summed E-state index contributed by atoms with van der Waals surface area (Å²) in [5.41, 5.74) is -0.0124. The fourth-order valence-corrected chi connectivity index (χ4v) is 2.46. The summed E-state index contributed by atoms with van der Waals surface area (Å²) in [6, 6.07) is 1.61. The number of ether oxygens (including phenoxy) is 3. The summed E-state index contributed by atoms with van der Waals surface area (Å²) in [7, 11) is 4.56. The highest BCUT2D eigenvalue weighted by Gasteiger charge is 2.50. The fraction of sp³-hybridized carbons (Fsp3) is 0.462. The van der Waals surface area contributed by atoms with Crippen LogP contribution in [-0.2, 0) is 10.3 Å². The number of aliphatic imine (C=N–C) groups is 1. The summed E-state index contributed by atoms with van der Waals surface area (Å²) in [6.07, 6.45) is 3.05. The van der Waals surface area contributed by atoms with Gasteiger partial charge in [0.1, 0.15) is 11.3 Å². The van der Waals surface area contributed by atoms with Gasteiger partial charge in [0, 0.05) is 6.07 Å². The Hall–Kier alpha value is -1.71. The van der Waals surface area contributed by atoms with Gasteiger partial charge in [-0.1, -0.05) is 11.6 Å². The second-order valence-electron chi connectivity index (χ2n) is 4.24. The molecule has 0 atom stereocenters. The Morgan fingerprint density at radius 3 is 2.26 bits per heavy atom. The third kappa shape index (κ3) is 2.15. The zero-order valence-corrected chi connectivity index (χ0v) is 11.7. The molecule has 1 saturated carbocycles. The van der Waals surface area contributed by atoms with Crippen LogP contribution in [0.1, 0.15) is 18.4 Å². The van der Waals surface area contributed by atoms with Crippen molar-refractivity contribution < 1.29 is 19.0 Å². The summed E-state index contributed by atoms with van der Waals surface area (Å²) < 4.78 is 16.0. The van der Waals surface area contributed by atoms with E-state index in [0.717, 1.165) is 12.8 Å². The number of isocyanates is 1. The van der Waals surface area contributed by atoms with Crippen LogP contribution in [0.25, 0.3) is 0 Å². The maximum Gasteiger partial charge on any atom is 0.235 e.